The normalized spacial score (nSPS) is 26.4. The SMILES string of the molecule is C=CCN1CCC2(CCCN(C(=O)NC(C)C)C2)C1=O. The van der Waals surface area contributed by atoms with Gasteiger partial charge < -0.3 is 15.1 Å². The first-order valence-electron chi connectivity index (χ1n) is 7.44. The number of hydrogen-bond acceptors (Lipinski definition) is 2. The minimum Gasteiger partial charge on any atom is -0.338 e. The van der Waals surface area contributed by atoms with Gasteiger partial charge in [0.2, 0.25) is 5.91 Å². The Labute approximate surface area is 121 Å². The van der Waals surface area contributed by atoms with E-state index in [1.165, 1.54) is 0 Å². The average molecular weight is 279 g/mol. The van der Waals surface area contributed by atoms with Gasteiger partial charge in [-0.05, 0) is 33.1 Å². The zero-order valence-corrected chi connectivity index (χ0v) is 12.5. The lowest BCUT2D eigenvalue weighted by molar-refractivity contribution is -0.137. The summed E-state index contributed by atoms with van der Waals surface area (Å²) >= 11 is 0. The van der Waals surface area contributed by atoms with Crippen molar-refractivity contribution in [2.24, 2.45) is 5.41 Å². The van der Waals surface area contributed by atoms with E-state index in [0.29, 0.717) is 13.1 Å². The van der Waals surface area contributed by atoms with Crippen LogP contribution in [-0.4, -0.2) is 54.0 Å². The number of urea groups is 1. The van der Waals surface area contributed by atoms with Crippen molar-refractivity contribution in [3.63, 3.8) is 0 Å². The van der Waals surface area contributed by atoms with Crippen LogP contribution in [0.3, 0.4) is 0 Å². The van der Waals surface area contributed by atoms with Crippen molar-refractivity contribution >= 4 is 11.9 Å². The van der Waals surface area contributed by atoms with E-state index in [-0.39, 0.29) is 23.4 Å². The summed E-state index contributed by atoms with van der Waals surface area (Å²) < 4.78 is 0. The van der Waals surface area contributed by atoms with Crippen LogP contribution in [0.25, 0.3) is 0 Å². The fourth-order valence-electron chi connectivity index (χ4n) is 3.24. The minimum atomic E-state index is -0.352. The molecule has 0 aliphatic carbocycles. The second-order valence-corrected chi connectivity index (χ2v) is 6.20. The average Bonchev–Trinajstić information content (AvgIpc) is 2.68. The summed E-state index contributed by atoms with van der Waals surface area (Å²) in [7, 11) is 0. The van der Waals surface area contributed by atoms with Gasteiger partial charge in [0.1, 0.15) is 0 Å². The summed E-state index contributed by atoms with van der Waals surface area (Å²) in [6.07, 6.45) is 4.41. The van der Waals surface area contributed by atoms with E-state index in [0.717, 1.165) is 32.4 Å². The first-order valence-corrected chi connectivity index (χ1v) is 7.44. The van der Waals surface area contributed by atoms with Crippen LogP contribution in [0.15, 0.2) is 12.7 Å². The van der Waals surface area contributed by atoms with Crippen molar-refractivity contribution in [2.75, 3.05) is 26.2 Å². The van der Waals surface area contributed by atoms with Crippen LogP contribution in [0.5, 0.6) is 0 Å². The van der Waals surface area contributed by atoms with Crippen molar-refractivity contribution in [3.05, 3.63) is 12.7 Å². The number of carbonyl (C=O) groups excluding carboxylic acids is 2. The number of amides is 3. The van der Waals surface area contributed by atoms with Gasteiger partial charge in [-0.3, -0.25) is 4.79 Å². The summed E-state index contributed by atoms with van der Waals surface area (Å²) in [6, 6.07) is 0.0750. The summed E-state index contributed by atoms with van der Waals surface area (Å²) in [4.78, 5) is 28.4. The highest BCUT2D eigenvalue weighted by Crippen LogP contribution is 2.40. The molecule has 2 fully saturated rings. The Morgan fingerprint density at radius 1 is 1.45 bits per heavy atom. The standard InChI is InChI=1S/C15H25N3O2/c1-4-8-17-10-7-15(13(17)19)6-5-9-18(11-15)14(20)16-12(2)3/h4,12H,1,5-11H2,2-3H3,(H,16,20). The van der Waals surface area contributed by atoms with Crippen LogP contribution < -0.4 is 5.32 Å². The Kier molecular flexibility index (Phi) is 4.35. The van der Waals surface area contributed by atoms with E-state index in [9.17, 15) is 9.59 Å². The predicted molar refractivity (Wildman–Crippen MR) is 78.3 cm³/mol. The molecule has 0 saturated carbocycles. The molecule has 2 aliphatic heterocycles. The molecule has 2 aliphatic rings. The number of nitrogens with one attached hydrogen (secondary N) is 1. The Hall–Kier alpha value is -1.52. The molecule has 1 unspecified atom stereocenters. The molecule has 2 rings (SSSR count). The topological polar surface area (TPSA) is 52.6 Å². The van der Waals surface area contributed by atoms with Crippen LogP contribution in [-0.2, 0) is 4.79 Å². The van der Waals surface area contributed by atoms with Gasteiger partial charge in [-0.25, -0.2) is 4.79 Å². The fourth-order valence-corrected chi connectivity index (χ4v) is 3.24. The molecule has 0 aromatic carbocycles. The highest BCUT2D eigenvalue weighted by Gasteiger charge is 2.49. The Bertz CT molecular complexity index is 408. The third-order valence-corrected chi connectivity index (χ3v) is 4.23. The molecule has 0 bridgehead atoms. The second-order valence-electron chi connectivity index (χ2n) is 6.20. The van der Waals surface area contributed by atoms with Crippen molar-refractivity contribution < 1.29 is 9.59 Å². The second kappa shape index (κ2) is 5.85. The highest BCUT2D eigenvalue weighted by molar-refractivity contribution is 5.86. The molecule has 2 saturated heterocycles. The van der Waals surface area contributed by atoms with Gasteiger partial charge in [0.15, 0.2) is 0 Å². The molecule has 3 amide bonds. The van der Waals surface area contributed by atoms with E-state index in [2.05, 4.69) is 11.9 Å². The van der Waals surface area contributed by atoms with Crippen LogP contribution >= 0.6 is 0 Å². The molecular weight excluding hydrogens is 254 g/mol. The van der Waals surface area contributed by atoms with Crippen LogP contribution in [0.4, 0.5) is 4.79 Å². The van der Waals surface area contributed by atoms with Gasteiger partial charge in [-0.15, -0.1) is 6.58 Å². The zero-order chi connectivity index (χ0) is 14.8. The molecule has 0 aromatic rings. The lowest BCUT2D eigenvalue weighted by Crippen LogP contribution is -2.53. The van der Waals surface area contributed by atoms with Crippen molar-refractivity contribution in [3.8, 4) is 0 Å². The summed E-state index contributed by atoms with van der Waals surface area (Å²) in [5.74, 6) is 0.194. The van der Waals surface area contributed by atoms with E-state index in [1.807, 2.05) is 18.7 Å². The molecule has 20 heavy (non-hydrogen) atoms. The first kappa shape index (κ1) is 14.9. The molecule has 2 heterocycles. The van der Waals surface area contributed by atoms with E-state index in [4.69, 9.17) is 0 Å². The number of piperidine rings is 1. The molecule has 0 radical (unpaired) electrons. The fraction of sp³-hybridized carbons (Fsp3) is 0.733. The molecule has 5 nitrogen and oxygen atoms in total. The molecule has 5 heteroatoms. The van der Waals surface area contributed by atoms with Crippen molar-refractivity contribution in [1.29, 1.82) is 0 Å². The molecule has 112 valence electrons. The lowest BCUT2D eigenvalue weighted by Gasteiger charge is -2.39. The Morgan fingerprint density at radius 3 is 2.85 bits per heavy atom. The van der Waals surface area contributed by atoms with Crippen molar-refractivity contribution in [1.82, 2.24) is 15.1 Å². The smallest absolute Gasteiger partial charge is 0.317 e. The molecule has 0 aromatic heterocycles. The largest absolute Gasteiger partial charge is 0.338 e. The maximum absolute atomic E-state index is 12.6. The van der Waals surface area contributed by atoms with E-state index < -0.39 is 0 Å². The van der Waals surface area contributed by atoms with Gasteiger partial charge in [0.25, 0.3) is 0 Å². The quantitative estimate of drug-likeness (QED) is 0.798. The van der Waals surface area contributed by atoms with E-state index in [1.54, 1.807) is 11.0 Å². The summed E-state index contributed by atoms with van der Waals surface area (Å²) in [6.45, 7) is 10.3. The Morgan fingerprint density at radius 2 is 2.20 bits per heavy atom. The number of hydrogen-bond donors (Lipinski definition) is 1. The number of nitrogens with zero attached hydrogens (tertiary/aromatic N) is 2. The van der Waals surface area contributed by atoms with Gasteiger partial charge in [-0.2, -0.15) is 0 Å². The third kappa shape index (κ3) is 2.81. The molecule has 1 spiro atoms. The zero-order valence-electron chi connectivity index (χ0n) is 12.5. The first-order chi connectivity index (χ1) is 9.48. The molecule has 1 atom stereocenters. The molecular formula is C15H25N3O2. The minimum absolute atomic E-state index is 0.0472. The number of carbonyl (C=O) groups is 2. The number of likely N-dealkylation sites (tertiary alicyclic amines) is 2. The highest BCUT2D eigenvalue weighted by atomic mass is 16.2. The van der Waals surface area contributed by atoms with Gasteiger partial charge in [0.05, 0.1) is 5.41 Å². The monoisotopic (exact) mass is 279 g/mol. The molecule has 1 N–H and O–H groups in total. The van der Waals surface area contributed by atoms with Crippen molar-refractivity contribution in [2.45, 2.75) is 39.2 Å². The third-order valence-electron chi connectivity index (χ3n) is 4.23. The number of rotatable bonds is 3. The lowest BCUT2D eigenvalue weighted by atomic mass is 9.78. The van der Waals surface area contributed by atoms with E-state index >= 15 is 0 Å². The van der Waals surface area contributed by atoms with Crippen LogP contribution in [0.1, 0.15) is 33.1 Å². The summed E-state index contributed by atoms with van der Waals surface area (Å²) in [5.41, 5.74) is -0.352. The van der Waals surface area contributed by atoms with Gasteiger partial charge in [0, 0.05) is 32.2 Å². The predicted octanol–water partition coefficient (Wildman–Crippen LogP) is 1.60. The van der Waals surface area contributed by atoms with Crippen LogP contribution in [0.2, 0.25) is 0 Å². The summed E-state index contributed by atoms with van der Waals surface area (Å²) in [5, 5.41) is 2.92. The maximum atomic E-state index is 12.6. The van der Waals surface area contributed by atoms with Gasteiger partial charge >= 0.3 is 6.03 Å². The van der Waals surface area contributed by atoms with Gasteiger partial charge in [-0.1, -0.05) is 6.08 Å². The van der Waals surface area contributed by atoms with Crippen LogP contribution in [0, 0.1) is 5.41 Å². The maximum Gasteiger partial charge on any atom is 0.317 e. The Balaban J connectivity index is 2.05.